The predicted octanol–water partition coefficient (Wildman–Crippen LogP) is 2.02. The Morgan fingerprint density at radius 1 is 1.41 bits per heavy atom. The first-order valence-electron chi connectivity index (χ1n) is 6.45. The van der Waals surface area contributed by atoms with Crippen molar-refractivity contribution in [2.45, 2.75) is 26.4 Å². The lowest BCUT2D eigenvalue weighted by Crippen LogP contribution is -2.37. The highest BCUT2D eigenvalue weighted by Crippen LogP contribution is 2.22. The van der Waals surface area contributed by atoms with Crippen molar-refractivity contribution in [3.05, 3.63) is 29.8 Å². The molecular weight excluding hydrogens is 212 g/mol. The van der Waals surface area contributed by atoms with Crippen LogP contribution in [0.25, 0.3) is 0 Å². The van der Waals surface area contributed by atoms with E-state index >= 15 is 0 Å². The first kappa shape index (κ1) is 12.4. The van der Waals surface area contributed by atoms with Gasteiger partial charge in [-0.25, -0.2) is 0 Å². The highest BCUT2D eigenvalue weighted by Gasteiger charge is 2.17. The van der Waals surface area contributed by atoms with Crippen LogP contribution in [0.4, 0.5) is 5.69 Å². The molecule has 2 rings (SSSR count). The quantitative estimate of drug-likeness (QED) is 0.807. The number of benzene rings is 1. The van der Waals surface area contributed by atoms with Gasteiger partial charge in [-0.2, -0.15) is 0 Å². The second kappa shape index (κ2) is 6.03. The average Bonchev–Trinajstić information content (AvgIpc) is 2.50. The molecule has 0 radical (unpaired) electrons. The number of para-hydroxylation sites is 1. The maximum absolute atomic E-state index is 5.47. The Kier molecular flexibility index (Phi) is 4.40. The zero-order chi connectivity index (χ0) is 12.1. The third-order valence-electron chi connectivity index (χ3n) is 3.18. The smallest absolute Gasteiger partial charge is 0.0641 e. The van der Waals surface area contributed by atoms with Crippen LogP contribution in [0.3, 0.4) is 0 Å². The number of hydrogen-bond donors (Lipinski definition) is 1. The Morgan fingerprint density at radius 3 is 3.06 bits per heavy atom. The van der Waals surface area contributed by atoms with Crippen molar-refractivity contribution in [1.82, 2.24) is 5.32 Å². The molecule has 17 heavy (non-hydrogen) atoms. The molecule has 1 N–H and O–H groups in total. The van der Waals surface area contributed by atoms with E-state index in [0.29, 0.717) is 6.04 Å². The van der Waals surface area contributed by atoms with Crippen molar-refractivity contribution in [2.75, 3.05) is 31.2 Å². The fourth-order valence-corrected chi connectivity index (χ4v) is 2.28. The number of nitrogens with one attached hydrogen (secondary N) is 1. The summed E-state index contributed by atoms with van der Waals surface area (Å²) in [6.45, 7) is 8.85. The van der Waals surface area contributed by atoms with Crippen LogP contribution in [0.1, 0.15) is 19.4 Å². The van der Waals surface area contributed by atoms with Crippen LogP contribution in [-0.4, -0.2) is 32.3 Å². The molecule has 3 nitrogen and oxygen atoms in total. The lowest BCUT2D eigenvalue weighted by Gasteiger charge is -2.26. The van der Waals surface area contributed by atoms with E-state index < -0.39 is 0 Å². The average molecular weight is 234 g/mol. The number of nitrogens with zero attached hydrogens (tertiary/aromatic N) is 1. The first-order valence-corrected chi connectivity index (χ1v) is 6.45. The second-order valence-electron chi connectivity index (χ2n) is 4.55. The molecule has 0 spiro atoms. The molecule has 0 amide bonds. The van der Waals surface area contributed by atoms with Crippen LogP contribution in [0, 0.1) is 0 Å². The fraction of sp³-hybridized carbons (Fsp3) is 0.571. The van der Waals surface area contributed by atoms with Crippen molar-refractivity contribution < 1.29 is 4.74 Å². The predicted molar refractivity (Wildman–Crippen MR) is 71.4 cm³/mol. The molecule has 0 aliphatic carbocycles. The van der Waals surface area contributed by atoms with Crippen molar-refractivity contribution >= 4 is 5.69 Å². The molecule has 0 saturated carbocycles. The van der Waals surface area contributed by atoms with E-state index in [2.05, 4.69) is 41.4 Å². The molecule has 0 fully saturated rings. The monoisotopic (exact) mass is 234 g/mol. The van der Waals surface area contributed by atoms with Gasteiger partial charge in [0.05, 0.1) is 6.61 Å². The van der Waals surface area contributed by atoms with Crippen molar-refractivity contribution in [3.63, 3.8) is 0 Å². The van der Waals surface area contributed by atoms with E-state index in [9.17, 15) is 0 Å². The Balaban J connectivity index is 2.11. The zero-order valence-electron chi connectivity index (χ0n) is 10.8. The molecule has 3 heteroatoms. The summed E-state index contributed by atoms with van der Waals surface area (Å²) in [6, 6.07) is 9.15. The SMILES string of the molecule is CCOCCN1CC(C)NCc2ccccc21. The number of ether oxygens (including phenoxy) is 1. The molecule has 1 unspecified atom stereocenters. The lowest BCUT2D eigenvalue weighted by atomic mass is 10.1. The highest BCUT2D eigenvalue weighted by atomic mass is 16.5. The minimum atomic E-state index is 0.518. The van der Waals surface area contributed by atoms with Crippen molar-refractivity contribution in [1.29, 1.82) is 0 Å². The molecule has 1 atom stereocenters. The maximum Gasteiger partial charge on any atom is 0.0641 e. The summed E-state index contributed by atoms with van der Waals surface area (Å²) in [5.41, 5.74) is 2.73. The molecule has 1 aliphatic rings. The maximum atomic E-state index is 5.47. The van der Waals surface area contributed by atoms with E-state index in [0.717, 1.165) is 32.8 Å². The molecule has 0 saturated heterocycles. The molecule has 1 aromatic rings. The number of anilines is 1. The van der Waals surface area contributed by atoms with E-state index in [4.69, 9.17) is 4.74 Å². The van der Waals surface area contributed by atoms with E-state index in [1.165, 1.54) is 11.3 Å². The topological polar surface area (TPSA) is 24.5 Å². The van der Waals surface area contributed by atoms with Gasteiger partial charge in [0.1, 0.15) is 0 Å². The molecule has 0 bridgehead atoms. The minimum Gasteiger partial charge on any atom is -0.380 e. The third kappa shape index (κ3) is 3.20. The first-order chi connectivity index (χ1) is 8.31. The van der Waals surface area contributed by atoms with Gasteiger partial charge in [0.15, 0.2) is 0 Å². The summed E-state index contributed by atoms with van der Waals surface area (Å²) in [4.78, 5) is 2.43. The zero-order valence-corrected chi connectivity index (χ0v) is 10.8. The van der Waals surface area contributed by atoms with Crippen LogP contribution in [0.15, 0.2) is 24.3 Å². The largest absolute Gasteiger partial charge is 0.380 e. The summed E-state index contributed by atoms with van der Waals surface area (Å²) in [5.74, 6) is 0. The molecule has 0 aromatic heterocycles. The van der Waals surface area contributed by atoms with Crippen LogP contribution in [0.5, 0.6) is 0 Å². The standard InChI is InChI=1S/C14H22N2O/c1-3-17-9-8-16-11-12(2)15-10-13-6-4-5-7-14(13)16/h4-7,12,15H,3,8-11H2,1-2H3. The molecule has 94 valence electrons. The third-order valence-corrected chi connectivity index (χ3v) is 3.18. The minimum absolute atomic E-state index is 0.518. The Morgan fingerprint density at radius 2 is 2.24 bits per heavy atom. The molecule has 1 aliphatic heterocycles. The summed E-state index contributed by atoms with van der Waals surface area (Å²) in [6.07, 6.45) is 0. The molecule has 1 heterocycles. The fourth-order valence-electron chi connectivity index (χ4n) is 2.28. The van der Waals surface area contributed by atoms with Gasteiger partial charge in [-0.15, -0.1) is 0 Å². The van der Waals surface area contributed by atoms with E-state index in [-0.39, 0.29) is 0 Å². The number of fused-ring (bicyclic) bond motifs is 1. The second-order valence-corrected chi connectivity index (χ2v) is 4.55. The van der Waals surface area contributed by atoms with Gasteiger partial charge < -0.3 is 15.0 Å². The highest BCUT2D eigenvalue weighted by molar-refractivity contribution is 5.54. The van der Waals surface area contributed by atoms with Crippen LogP contribution < -0.4 is 10.2 Å². The Hall–Kier alpha value is -1.06. The number of hydrogen-bond acceptors (Lipinski definition) is 3. The lowest BCUT2D eigenvalue weighted by molar-refractivity contribution is 0.153. The summed E-state index contributed by atoms with van der Waals surface area (Å²) >= 11 is 0. The van der Waals surface area contributed by atoms with E-state index in [1.807, 2.05) is 6.92 Å². The van der Waals surface area contributed by atoms with Gasteiger partial charge in [0, 0.05) is 38.0 Å². The van der Waals surface area contributed by atoms with Crippen LogP contribution in [-0.2, 0) is 11.3 Å². The van der Waals surface area contributed by atoms with Gasteiger partial charge in [-0.05, 0) is 25.5 Å². The van der Waals surface area contributed by atoms with Gasteiger partial charge in [-0.1, -0.05) is 18.2 Å². The summed E-state index contributed by atoms with van der Waals surface area (Å²) in [5, 5.41) is 3.54. The van der Waals surface area contributed by atoms with Gasteiger partial charge in [-0.3, -0.25) is 0 Å². The van der Waals surface area contributed by atoms with Gasteiger partial charge in [0.2, 0.25) is 0 Å². The number of rotatable bonds is 4. The normalized spacial score (nSPS) is 19.9. The van der Waals surface area contributed by atoms with Gasteiger partial charge in [0.25, 0.3) is 0 Å². The Bertz CT molecular complexity index is 354. The molecule has 1 aromatic carbocycles. The molecular formula is C14H22N2O. The van der Waals surface area contributed by atoms with Gasteiger partial charge >= 0.3 is 0 Å². The van der Waals surface area contributed by atoms with Crippen molar-refractivity contribution in [3.8, 4) is 0 Å². The van der Waals surface area contributed by atoms with Crippen LogP contribution >= 0.6 is 0 Å². The van der Waals surface area contributed by atoms with Crippen molar-refractivity contribution in [2.24, 2.45) is 0 Å². The van der Waals surface area contributed by atoms with Crippen LogP contribution in [0.2, 0.25) is 0 Å². The summed E-state index contributed by atoms with van der Waals surface area (Å²) < 4.78 is 5.47. The van der Waals surface area contributed by atoms with E-state index in [1.54, 1.807) is 0 Å². The summed E-state index contributed by atoms with van der Waals surface area (Å²) in [7, 11) is 0. The Labute approximate surface area is 104 Å².